The molecule has 3 rings (SSSR count). The maximum atomic E-state index is 12.2. The number of carbonyl (C=O) groups excluding carboxylic acids is 2. The van der Waals surface area contributed by atoms with Crippen molar-refractivity contribution >= 4 is 39.7 Å². The van der Waals surface area contributed by atoms with Gasteiger partial charge in [-0.05, 0) is 19.4 Å². The molecule has 27 heavy (non-hydrogen) atoms. The first-order valence-corrected chi connectivity index (χ1v) is 10.2. The number of rotatable bonds is 7. The van der Waals surface area contributed by atoms with Crippen molar-refractivity contribution in [2.45, 2.75) is 26.7 Å². The summed E-state index contributed by atoms with van der Waals surface area (Å²) in [4.78, 5) is 32.4. The lowest BCUT2D eigenvalue weighted by atomic mass is 10.1. The molecule has 6 nitrogen and oxygen atoms in total. The molecule has 2 aromatic heterocycles. The van der Waals surface area contributed by atoms with Crippen LogP contribution in [-0.4, -0.2) is 28.5 Å². The number of carbonyl (C=O) groups is 2. The zero-order valence-corrected chi connectivity index (χ0v) is 16.7. The second-order valence-corrected chi connectivity index (χ2v) is 7.72. The number of amides is 1. The minimum atomic E-state index is -0.323. The molecular formula is C19H19N3O3S2. The van der Waals surface area contributed by atoms with Crippen molar-refractivity contribution in [3.05, 3.63) is 51.3 Å². The monoisotopic (exact) mass is 401 g/mol. The van der Waals surface area contributed by atoms with Crippen LogP contribution in [0.2, 0.25) is 0 Å². The van der Waals surface area contributed by atoms with Gasteiger partial charge in [0.25, 0.3) is 0 Å². The van der Waals surface area contributed by atoms with Crippen LogP contribution >= 0.6 is 22.7 Å². The van der Waals surface area contributed by atoms with Crippen molar-refractivity contribution in [2.24, 2.45) is 0 Å². The fourth-order valence-corrected chi connectivity index (χ4v) is 3.79. The summed E-state index contributed by atoms with van der Waals surface area (Å²) in [7, 11) is 0. The van der Waals surface area contributed by atoms with Gasteiger partial charge in [-0.1, -0.05) is 24.3 Å². The van der Waals surface area contributed by atoms with Crippen LogP contribution in [0.25, 0.3) is 11.3 Å². The van der Waals surface area contributed by atoms with Crippen LogP contribution in [0.1, 0.15) is 23.2 Å². The van der Waals surface area contributed by atoms with Gasteiger partial charge in [-0.2, -0.15) is 0 Å². The van der Waals surface area contributed by atoms with Gasteiger partial charge >= 0.3 is 5.97 Å². The Morgan fingerprint density at radius 1 is 1.07 bits per heavy atom. The number of hydrogen-bond donors (Lipinski definition) is 1. The van der Waals surface area contributed by atoms with Gasteiger partial charge in [0.1, 0.15) is 0 Å². The van der Waals surface area contributed by atoms with E-state index in [9.17, 15) is 9.59 Å². The van der Waals surface area contributed by atoms with Crippen LogP contribution in [0.4, 0.5) is 5.13 Å². The summed E-state index contributed by atoms with van der Waals surface area (Å²) in [6.45, 7) is 4.08. The minimum absolute atomic E-state index is 0.109. The number of aryl methyl sites for hydroxylation is 1. The Hall–Kier alpha value is -2.58. The summed E-state index contributed by atoms with van der Waals surface area (Å²) in [6, 6.07) is 7.80. The zero-order chi connectivity index (χ0) is 19.2. The Morgan fingerprint density at radius 2 is 1.85 bits per heavy atom. The van der Waals surface area contributed by atoms with Gasteiger partial charge in [-0.3, -0.25) is 9.59 Å². The van der Waals surface area contributed by atoms with Crippen LogP contribution in [0, 0.1) is 6.92 Å². The summed E-state index contributed by atoms with van der Waals surface area (Å²) in [5.41, 5.74) is 3.49. The highest BCUT2D eigenvalue weighted by Crippen LogP contribution is 2.22. The van der Waals surface area contributed by atoms with Crippen LogP contribution in [-0.2, 0) is 27.2 Å². The van der Waals surface area contributed by atoms with Crippen LogP contribution in [0.15, 0.2) is 35.0 Å². The van der Waals surface area contributed by atoms with Crippen LogP contribution < -0.4 is 5.32 Å². The van der Waals surface area contributed by atoms with Crippen molar-refractivity contribution in [1.82, 2.24) is 9.97 Å². The topological polar surface area (TPSA) is 81.2 Å². The van der Waals surface area contributed by atoms with Crippen LogP contribution in [0.3, 0.4) is 0 Å². The number of nitrogens with one attached hydrogen (secondary N) is 1. The third kappa shape index (κ3) is 5.45. The van der Waals surface area contributed by atoms with Gasteiger partial charge in [-0.25, -0.2) is 9.97 Å². The standard InChI is InChI=1S/C19H19N3O3S2/c1-3-25-18(24)9-15-10-27-19(21-15)22-17(23)8-13-4-6-14(7-5-13)16-11-26-12(2)20-16/h4-7,10-11H,3,8-9H2,1-2H3,(H,21,22,23). The van der Waals surface area contributed by atoms with E-state index in [1.807, 2.05) is 36.6 Å². The molecule has 1 N–H and O–H groups in total. The van der Waals surface area contributed by atoms with E-state index in [2.05, 4.69) is 15.3 Å². The summed E-state index contributed by atoms with van der Waals surface area (Å²) in [5.74, 6) is -0.472. The summed E-state index contributed by atoms with van der Waals surface area (Å²) in [5, 5.41) is 8.05. The molecule has 2 heterocycles. The fourth-order valence-electron chi connectivity index (χ4n) is 2.44. The van der Waals surface area contributed by atoms with E-state index >= 15 is 0 Å². The highest BCUT2D eigenvalue weighted by atomic mass is 32.1. The molecule has 0 aliphatic carbocycles. The second kappa shape index (κ2) is 8.88. The molecule has 0 spiro atoms. The first kappa shape index (κ1) is 19.2. The molecule has 0 unspecified atom stereocenters. The van der Waals surface area contributed by atoms with Gasteiger partial charge in [-0.15, -0.1) is 22.7 Å². The summed E-state index contributed by atoms with van der Waals surface area (Å²) >= 11 is 2.91. The molecule has 0 bridgehead atoms. The SMILES string of the molecule is CCOC(=O)Cc1csc(NC(=O)Cc2ccc(-c3csc(C)n3)cc2)n1. The van der Waals surface area contributed by atoms with Crippen molar-refractivity contribution < 1.29 is 14.3 Å². The molecule has 0 saturated heterocycles. The predicted octanol–water partition coefficient (Wildman–Crippen LogP) is 3.86. The van der Waals surface area contributed by atoms with Gasteiger partial charge in [0, 0.05) is 16.3 Å². The Balaban J connectivity index is 1.55. The number of benzene rings is 1. The number of thiazole rings is 2. The van der Waals surface area contributed by atoms with E-state index in [-0.39, 0.29) is 24.7 Å². The molecule has 0 fully saturated rings. The molecule has 0 aliphatic rings. The van der Waals surface area contributed by atoms with E-state index in [1.54, 1.807) is 23.6 Å². The van der Waals surface area contributed by atoms with Gasteiger partial charge < -0.3 is 10.1 Å². The summed E-state index contributed by atoms with van der Waals surface area (Å²) < 4.78 is 4.89. The van der Waals surface area contributed by atoms with E-state index in [0.717, 1.165) is 21.8 Å². The van der Waals surface area contributed by atoms with Gasteiger partial charge in [0.15, 0.2) is 5.13 Å². The molecule has 0 atom stereocenters. The maximum absolute atomic E-state index is 12.2. The number of hydrogen-bond acceptors (Lipinski definition) is 7. The smallest absolute Gasteiger partial charge is 0.311 e. The largest absolute Gasteiger partial charge is 0.466 e. The normalized spacial score (nSPS) is 10.6. The number of ether oxygens (including phenoxy) is 1. The summed E-state index contributed by atoms with van der Waals surface area (Å²) in [6.07, 6.45) is 0.362. The number of aromatic nitrogens is 2. The fraction of sp³-hybridized carbons (Fsp3) is 0.263. The highest BCUT2D eigenvalue weighted by Gasteiger charge is 2.11. The maximum Gasteiger partial charge on any atom is 0.311 e. The Labute approximate surface area is 165 Å². The highest BCUT2D eigenvalue weighted by molar-refractivity contribution is 7.14. The second-order valence-electron chi connectivity index (χ2n) is 5.80. The number of anilines is 1. The van der Waals surface area contributed by atoms with Gasteiger partial charge in [0.2, 0.25) is 5.91 Å². The third-order valence-corrected chi connectivity index (χ3v) is 5.24. The quantitative estimate of drug-likeness (QED) is 0.608. The predicted molar refractivity (Wildman–Crippen MR) is 107 cm³/mol. The zero-order valence-electron chi connectivity index (χ0n) is 15.0. The average molecular weight is 402 g/mol. The molecule has 3 aromatic rings. The Bertz CT molecular complexity index is 932. The molecule has 0 aliphatic heterocycles. The number of esters is 1. The van der Waals surface area contributed by atoms with Gasteiger partial charge in [0.05, 0.1) is 35.8 Å². The molecule has 1 aromatic carbocycles. The first-order valence-electron chi connectivity index (χ1n) is 8.45. The lowest BCUT2D eigenvalue weighted by Crippen LogP contribution is -2.14. The first-order chi connectivity index (χ1) is 13.0. The average Bonchev–Trinajstić information content (AvgIpc) is 3.25. The Kier molecular flexibility index (Phi) is 6.31. The molecule has 1 amide bonds. The van der Waals surface area contributed by atoms with Crippen molar-refractivity contribution in [1.29, 1.82) is 0 Å². The number of nitrogens with zero attached hydrogens (tertiary/aromatic N) is 2. The van der Waals surface area contributed by atoms with E-state index in [1.165, 1.54) is 11.3 Å². The lowest BCUT2D eigenvalue weighted by Gasteiger charge is -2.03. The van der Waals surface area contributed by atoms with Crippen molar-refractivity contribution in [3.63, 3.8) is 0 Å². The molecule has 8 heteroatoms. The lowest BCUT2D eigenvalue weighted by molar-refractivity contribution is -0.142. The Morgan fingerprint density at radius 3 is 2.52 bits per heavy atom. The van der Waals surface area contributed by atoms with Crippen molar-refractivity contribution in [3.8, 4) is 11.3 Å². The molecule has 0 radical (unpaired) electrons. The van der Waals surface area contributed by atoms with Crippen LogP contribution in [0.5, 0.6) is 0 Å². The minimum Gasteiger partial charge on any atom is -0.466 e. The van der Waals surface area contributed by atoms with Crippen molar-refractivity contribution in [2.75, 3.05) is 11.9 Å². The molecule has 140 valence electrons. The van der Waals surface area contributed by atoms with E-state index < -0.39 is 0 Å². The van der Waals surface area contributed by atoms with E-state index in [0.29, 0.717) is 17.4 Å². The van der Waals surface area contributed by atoms with E-state index in [4.69, 9.17) is 4.74 Å². The molecule has 0 saturated carbocycles. The molecular weight excluding hydrogens is 382 g/mol. The third-order valence-electron chi connectivity index (χ3n) is 3.66.